The Morgan fingerprint density at radius 1 is 1.47 bits per heavy atom. The van der Waals surface area contributed by atoms with Crippen LogP contribution in [0.2, 0.25) is 0 Å². The Labute approximate surface area is 99.4 Å². The lowest BCUT2D eigenvalue weighted by atomic mass is 10.1. The fraction of sp³-hybridized carbons (Fsp3) is 0.545. The van der Waals surface area contributed by atoms with Crippen LogP contribution in [0.4, 0.5) is 5.82 Å². The van der Waals surface area contributed by atoms with Crippen molar-refractivity contribution in [3.63, 3.8) is 0 Å². The fourth-order valence-corrected chi connectivity index (χ4v) is 1.60. The van der Waals surface area contributed by atoms with Gasteiger partial charge < -0.3 is 10.1 Å². The molecule has 3 nitrogen and oxygen atoms in total. The van der Waals surface area contributed by atoms with E-state index >= 15 is 0 Å². The number of anilines is 1. The predicted molar refractivity (Wildman–Crippen MR) is 66.1 cm³/mol. The Bertz CT molecular complexity index is 304. The molecule has 0 saturated carbocycles. The number of hydrogen-bond donors (Lipinski definition) is 1. The first-order valence-corrected chi connectivity index (χ1v) is 5.81. The van der Waals surface area contributed by atoms with Gasteiger partial charge in [-0.1, -0.05) is 19.9 Å². The van der Waals surface area contributed by atoms with Crippen LogP contribution < -0.4 is 5.32 Å². The van der Waals surface area contributed by atoms with Crippen LogP contribution in [0.3, 0.4) is 0 Å². The van der Waals surface area contributed by atoms with Crippen molar-refractivity contribution >= 4 is 21.7 Å². The summed E-state index contributed by atoms with van der Waals surface area (Å²) in [5.74, 6) is 1.38. The molecule has 4 heteroatoms. The van der Waals surface area contributed by atoms with Gasteiger partial charge in [0.15, 0.2) is 0 Å². The van der Waals surface area contributed by atoms with E-state index in [0.29, 0.717) is 12.5 Å². The molecular formula is C11H17BrN2O. The highest BCUT2D eigenvalue weighted by Gasteiger charge is 2.13. The third-order valence-electron chi connectivity index (χ3n) is 2.20. The molecule has 0 spiro atoms. The van der Waals surface area contributed by atoms with Gasteiger partial charge in [-0.2, -0.15) is 0 Å². The molecule has 0 aliphatic heterocycles. The topological polar surface area (TPSA) is 34.1 Å². The molecule has 1 heterocycles. The first kappa shape index (κ1) is 12.5. The summed E-state index contributed by atoms with van der Waals surface area (Å²) in [7, 11) is 1.71. The van der Waals surface area contributed by atoms with Crippen LogP contribution in [-0.4, -0.2) is 24.7 Å². The molecule has 0 bridgehead atoms. The Hall–Kier alpha value is -0.610. The van der Waals surface area contributed by atoms with E-state index < -0.39 is 0 Å². The van der Waals surface area contributed by atoms with Crippen LogP contribution in [0.25, 0.3) is 0 Å². The number of halogens is 1. The van der Waals surface area contributed by atoms with Crippen LogP contribution in [0.5, 0.6) is 0 Å². The Kier molecular flexibility index (Phi) is 5.05. The molecule has 15 heavy (non-hydrogen) atoms. The second-order valence-electron chi connectivity index (χ2n) is 3.80. The van der Waals surface area contributed by atoms with E-state index in [2.05, 4.69) is 40.1 Å². The standard InChI is InChI=1S/C11H17BrN2O/c1-8(2)9(7-15-3)13-11-6-4-5-10(12)14-11/h4-6,8-9H,7H2,1-3H3,(H,13,14). The van der Waals surface area contributed by atoms with E-state index in [1.165, 1.54) is 0 Å². The smallest absolute Gasteiger partial charge is 0.127 e. The largest absolute Gasteiger partial charge is 0.383 e. The number of nitrogens with zero attached hydrogens (tertiary/aromatic N) is 1. The number of rotatable bonds is 5. The van der Waals surface area contributed by atoms with E-state index in [1.807, 2.05) is 18.2 Å². The van der Waals surface area contributed by atoms with Crippen LogP contribution in [0, 0.1) is 5.92 Å². The summed E-state index contributed by atoms with van der Waals surface area (Å²) in [6, 6.07) is 6.11. The van der Waals surface area contributed by atoms with Crippen LogP contribution in [0.1, 0.15) is 13.8 Å². The van der Waals surface area contributed by atoms with Crippen molar-refractivity contribution in [1.82, 2.24) is 4.98 Å². The zero-order chi connectivity index (χ0) is 11.3. The van der Waals surface area contributed by atoms with Crippen molar-refractivity contribution in [3.05, 3.63) is 22.8 Å². The molecule has 0 fully saturated rings. The molecule has 1 aromatic rings. The summed E-state index contributed by atoms with van der Waals surface area (Å²) in [6.45, 7) is 5.01. The highest BCUT2D eigenvalue weighted by atomic mass is 79.9. The van der Waals surface area contributed by atoms with Crippen molar-refractivity contribution in [2.75, 3.05) is 19.0 Å². The monoisotopic (exact) mass is 272 g/mol. The first-order valence-electron chi connectivity index (χ1n) is 5.01. The molecule has 0 radical (unpaired) electrons. The average Bonchev–Trinajstić information content (AvgIpc) is 2.17. The molecule has 1 atom stereocenters. The SMILES string of the molecule is COCC(Nc1cccc(Br)n1)C(C)C. The Balaban J connectivity index is 2.65. The number of pyridine rings is 1. The molecule has 1 unspecified atom stereocenters. The van der Waals surface area contributed by atoms with E-state index in [1.54, 1.807) is 7.11 Å². The van der Waals surface area contributed by atoms with Gasteiger partial charge in [-0.25, -0.2) is 4.98 Å². The molecule has 1 rings (SSSR count). The lowest BCUT2D eigenvalue weighted by molar-refractivity contribution is 0.171. The summed E-state index contributed by atoms with van der Waals surface area (Å²) >= 11 is 3.35. The van der Waals surface area contributed by atoms with Crippen molar-refractivity contribution in [2.45, 2.75) is 19.9 Å². The van der Waals surface area contributed by atoms with Gasteiger partial charge in [0, 0.05) is 7.11 Å². The molecule has 1 N–H and O–H groups in total. The normalized spacial score (nSPS) is 12.9. The van der Waals surface area contributed by atoms with Crippen molar-refractivity contribution in [3.8, 4) is 0 Å². The quantitative estimate of drug-likeness (QED) is 0.837. The maximum atomic E-state index is 5.17. The summed E-state index contributed by atoms with van der Waals surface area (Å²) in [6.07, 6.45) is 0. The van der Waals surface area contributed by atoms with Gasteiger partial charge >= 0.3 is 0 Å². The van der Waals surface area contributed by atoms with E-state index in [-0.39, 0.29) is 6.04 Å². The van der Waals surface area contributed by atoms with E-state index in [4.69, 9.17) is 4.74 Å². The van der Waals surface area contributed by atoms with Gasteiger partial charge in [0.1, 0.15) is 10.4 Å². The van der Waals surface area contributed by atoms with Crippen LogP contribution in [-0.2, 0) is 4.74 Å². The Morgan fingerprint density at radius 2 is 2.20 bits per heavy atom. The van der Waals surface area contributed by atoms with Gasteiger partial charge in [-0.15, -0.1) is 0 Å². The zero-order valence-corrected chi connectivity index (χ0v) is 10.9. The van der Waals surface area contributed by atoms with Gasteiger partial charge in [0.25, 0.3) is 0 Å². The molecule has 0 aromatic carbocycles. The second kappa shape index (κ2) is 6.08. The predicted octanol–water partition coefficient (Wildman–Crippen LogP) is 2.93. The lowest BCUT2D eigenvalue weighted by Crippen LogP contribution is -2.30. The Morgan fingerprint density at radius 3 is 2.73 bits per heavy atom. The van der Waals surface area contributed by atoms with Crippen molar-refractivity contribution in [2.24, 2.45) is 5.92 Å². The number of methoxy groups -OCH3 is 1. The van der Waals surface area contributed by atoms with Crippen molar-refractivity contribution in [1.29, 1.82) is 0 Å². The minimum atomic E-state index is 0.289. The van der Waals surface area contributed by atoms with E-state index in [0.717, 1.165) is 10.4 Å². The molecular weight excluding hydrogens is 256 g/mol. The van der Waals surface area contributed by atoms with Crippen LogP contribution in [0.15, 0.2) is 22.8 Å². The molecule has 0 amide bonds. The minimum Gasteiger partial charge on any atom is -0.383 e. The molecule has 84 valence electrons. The van der Waals surface area contributed by atoms with Gasteiger partial charge in [-0.05, 0) is 34.0 Å². The third kappa shape index (κ3) is 4.18. The molecule has 0 saturated heterocycles. The zero-order valence-electron chi connectivity index (χ0n) is 9.33. The maximum Gasteiger partial charge on any atom is 0.127 e. The number of nitrogens with one attached hydrogen (secondary N) is 1. The van der Waals surface area contributed by atoms with Crippen LogP contribution >= 0.6 is 15.9 Å². The summed E-state index contributed by atoms with van der Waals surface area (Å²) in [5.41, 5.74) is 0. The summed E-state index contributed by atoms with van der Waals surface area (Å²) < 4.78 is 6.01. The summed E-state index contributed by atoms with van der Waals surface area (Å²) in [4.78, 5) is 4.33. The molecule has 1 aromatic heterocycles. The van der Waals surface area contributed by atoms with Gasteiger partial charge in [0.2, 0.25) is 0 Å². The highest BCUT2D eigenvalue weighted by Crippen LogP contribution is 2.14. The van der Waals surface area contributed by atoms with E-state index in [9.17, 15) is 0 Å². The van der Waals surface area contributed by atoms with Gasteiger partial charge in [-0.3, -0.25) is 0 Å². The fourth-order valence-electron chi connectivity index (χ4n) is 1.26. The van der Waals surface area contributed by atoms with Crippen molar-refractivity contribution < 1.29 is 4.74 Å². The minimum absolute atomic E-state index is 0.289. The molecule has 0 aliphatic carbocycles. The maximum absolute atomic E-state index is 5.17. The number of aromatic nitrogens is 1. The second-order valence-corrected chi connectivity index (χ2v) is 4.61. The molecule has 0 aliphatic rings. The highest BCUT2D eigenvalue weighted by molar-refractivity contribution is 9.10. The average molecular weight is 273 g/mol. The van der Waals surface area contributed by atoms with Gasteiger partial charge in [0.05, 0.1) is 12.6 Å². The summed E-state index contributed by atoms with van der Waals surface area (Å²) in [5, 5.41) is 3.35. The lowest BCUT2D eigenvalue weighted by Gasteiger charge is -2.22. The number of ether oxygens (including phenoxy) is 1. The first-order chi connectivity index (χ1) is 7.13. The number of hydrogen-bond acceptors (Lipinski definition) is 3. The third-order valence-corrected chi connectivity index (χ3v) is 2.64.